The van der Waals surface area contributed by atoms with E-state index in [-0.39, 0.29) is 6.61 Å². The summed E-state index contributed by atoms with van der Waals surface area (Å²) in [6.07, 6.45) is 2.56. The molecular formula is C15H19ClN4O. The summed E-state index contributed by atoms with van der Waals surface area (Å²) in [6.45, 7) is 3.93. The van der Waals surface area contributed by atoms with Crippen molar-refractivity contribution >= 4 is 11.6 Å². The number of rotatable bonds is 5. The first-order valence-corrected chi connectivity index (χ1v) is 7.67. The van der Waals surface area contributed by atoms with Crippen LogP contribution in [0.15, 0.2) is 24.3 Å². The highest BCUT2D eigenvalue weighted by Crippen LogP contribution is 2.25. The normalized spacial score (nSPS) is 15.7. The highest BCUT2D eigenvalue weighted by atomic mass is 35.5. The summed E-state index contributed by atoms with van der Waals surface area (Å²) < 4.78 is 1.87. The molecule has 1 fully saturated rings. The first-order chi connectivity index (χ1) is 10.3. The number of aromatic nitrogens is 3. The van der Waals surface area contributed by atoms with Crippen LogP contribution in [0.2, 0.25) is 5.02 Å². The Labute approximate surface area is 129 Å². The van der Waals surface area contributed by atoms with Gasteiger partial charge in [0.05, 0.1) is 18.8 Å². The van der Waals surface area contributed by atoms with Crippen molar-refractivity contribution < 1.29 is 5.11 Å². The van der Waals surface area contributed by atoms with Crippen LogP contribution in [0.1, 0.15) is 18.5 Å². The van der Waals surface area contributed by atoms with E-state index in [4.69, 9.17) is 11.6 Å². The molecule has 1 aliphatic heterocycles. The molecule has 1 saturated heterocycles. The van der Waals surface area contributed by atoms with Crippen molar-refractivity contribution in [3.8, 4) is 11.3 Å². The lowest BCUT2D eigenvalue weighted by Gasteiger charge is -2.15. The monoisotopic (exact) mass is 306 g/mol. The van der Waals surface area contributed by atoms with E-state index >= 15 is 0 Å². The van der Waals surface area contributed by atoms with Crippen LogP contribution in [0.5, 0.6) is 0 Å². The molecule has 0 saturated carbocycles. The molecule has 0 unspecified atom stereocenters. The molecule has 0 atom stereocenters. The summed E-state index contributed by atoms with van der Waals surface area (Å²) in [6, 6.07) is 7.58. The van der Waals surface area contributed by atoms with Crippen molar-refractivity contribution in [1.29, 1.82) is 0 Å². The number of halogens is 1. The van der Waals surface area contributed by atoms with E-state index in [1.165, 1.54) is 12.8 Å². The SMILES string of the molecule is OCc1nnn(CCN2CCCC2)c1-c1cccc(Cl)c1. The molecule has 0 radical (unpaired) electrons. The summed E-state index contributed by atoms with van der Waals surface area (Å²) in [5, 5.41) is 18.4. The van der Waals surface area contributed by atoms with E-state index < -0.39 is 0 Å². The molecule has 0 amide bonds. The second-order valence-electron chi connectivity index (χ2n) is 5.33. The van der Waals surface area contributed by atoms with Gasteiger partial charge in [-0.15, -0.1) is 5.10 Å². The zero-order valence-electron chi connectivity index (χ0n) is 11.9. The molecule has 0 bridgehead atoms. The molecule has 6 heteroatoms. The maximum atomic E-state index is 9.48. The number of benzene rings is 1. The van der Waals surface area contributed by atoms with Crippen molar-refractivity contribution in [3.63, 3.8) is 0 Å². The Morgan fingerprint density at radius 1 is 1.19 bits per heavy atom. The minimum Gasteiger partial charge on any atom is -0.390 e. The number of nitrogens with zero attached hydrogens (tertiary/aromatic N) is 4. The number of aliphatic hydroxyl groups is 1. The summed E-state index contributed by atoms with van der Waals surface area (Å²) in [4.78, 5) is 2.43. The molecule has 1 aromatic heterocycles. The molecule has 0 spiro atoms. The average Bonchev–Trinajstić information content (AvgIpc) is 3.14. The zero-order valence-corrected chi connectivity index (χ0v) is 12.6. The third-order valence-electron chi connectivity index (χ3n) is 3.88. The molecule has 1 N–H and O–H groups in total. The number of hydrogen-bond donors (Lipinski definition) is 1. The summed E-state index contributed by atoms with van der Waals surface area (Å²) >= 11 is 6.07. The minimum atomic E-state index is -0.119. The molecule has 1 aromatic carbocycles. The Morgan fingerprint density at radius 3 is 2.71 bits per heavy atom. The predicted octanol–water partition coefficient (Wildman–Crippen LogP) is 2.19. The quantitative estimate of drug-likeness (QED) is 0.920. The van der Waals surface area contributed by atoms with Gasteiger partial charge in [0.15, 0.2) is 0 Å². The highest BCUT2D eigenvalue weighted by Gasteiger charge is 2.16. The van der Waals surface area contributed by atoms with Gasteiger partial charge in [0.25, 0.3) is 0 Å². The van der Waals surface area contributed by atoms with Crippen LogP contribution in [0.3, 0.4) is 0 Å². The summed E-state index contributed by atoms with van der Waals surface area (Å²) in [5.74, 6) is 0. The van der Waals surface area contributed by atoms with E-state index in [0.29, 0.717) is 10.7 Å². The molecule has 3 rings (SSSR count). The van der Waals surface area contributed by atoms with E-state index in [1.807, 2.05) is 28.9 Å². The molecule has 21 heavy (non-hydrogen) atoms. The van der Waals surface area contributed by atoms with E-state index in [9.17, 15) is 5.11 Å². The summed E-state index contributed by atoms with van der Waals surface area (Å²) in [5.41, 5.74) is 2.40. The van der Waals surface area contributed by atoms with Gasteiger partial charge in [0.1, 0.15) is 5.69 Å². The van der Waals surface area contributed by atoms with Crippen molar-refractivity contribution in [2.24, 2.45) is 0 Å². The van der Waals surface area contributed by atoms with Crippen molar-refractivity contribution in [2.75, 3.05) is 19.6 Å². The fraction of sp³-hybridized carbons (Fsp3) is 0.467. The lowest BCUT2D eigenvalue weighted by molar-refractivity contribution is 0.277. The number of likely N-dealkylation sites (tertiary alicyclic amines) is 1. The largest absolute Gasteiger partial charge is 0.390 e. The predicted molar refractivity (Wildman–Crippen MR) is 82.1 cm³/mol. The van der Waals surface area contributed by atoms with Gasteiger partial charge in [-0.2, -0.15) is 0 Å². The van der Waals surface area contributed by atoms with Gasteiger partial charge in [-0.3, -0.25) is 0 Å². The average molecular weight is 307 g/mol. The van der Waals surface area contributed by atoms with Crippen LogP contribution in [0.25, 0.3) is 11.3 Å². The molecule has 0 aliphatic carbocycles. The van der Waals surface area contributed by atoms with Gasteiger partial charge < -0.3 is 10.0 Å². The highest BCUT2D eigenvalue weighted by molar-refractivity contribution is 6.30. The molecular weight excluding hydrogens is 288 g/mol. The van der Waals surface area contributed by atoms with Gasteiger partial charge in [0, 0.05) is 17.1 Å². The standard InChI is InChI=1S/C15H19ClN4O/c16-13-5-3-4-12(10-13)15-14(11-21)17-18-20(15)9-8-19-6-1-2-7-19/h3-5,10,21H,1-2,6-9,11H2. The summed E-state index contributed by atoms with van der Waals surface area (Å²) in [7, 11) is 0. The Balaban J connectivity index is 1.85. The third-order valence-corrected chi connectivity index (χ3v) is 4.11. The van der Waals surface area contributed by atoms with Crippen LogP contribution in [-0.2, 0) is 13.2 Å². The molecule has 112 valence electrons. The lowest BCUT2D eigenvalue weighted by atomic mass is 10.1. The number of aliphatic hydroxyl groups excluding tert-OH is 1. The van der Waals surface area contributed by atoms with Gasteiger partial charge in [-0.05, 0) is 38.1 Å². The number of hydrogen-bond acceptors (Lipinski definition) is 4. The van der Waals surface area contributed by atoms with Crippen LogP contribution >= 0.6 is 11.6 Å². The van der Waals surface area contributed by atoms with Gasteiger partial charge >= 0.3 is 0 Å². The molecule has 2 heterocycles. The van der Waals surface area contributed by atoms with E-state index in [2.05, 4.69) is 15.2 Å². The van der Waals surface area contributed by atoms with Gasteiger partial charge in [-0.1, -0.05) is 28.9 Å². The Kier molecular flexibility index (Phi) is 4.53. The van der Waals surface area contributed by atoms with Crippen LogP contribution < -0.4 is 0 Å². The smallest absolute Gasteiger partial charge is 0.116 e. The van der Waals surface area contributed by atoms with Crippen LogP contribution in [0.4, 0.5) is 0 Å². The maximum Gasteiger partial charge on any atom is 0.116 e. The van der Waals surface area contributed by atoms with E-state index in [1.54, 1.807) is 0 Å². The van der Waals surface area contributed by atoms with Crippen molar-refractivity contribution in [1.82, 2.24) is 19.9 Å². The fourth-order valence-corrected chi connectivity index (χ4v) is 3.00. The van der Waals surface area contributed by atoms with Gasteiger partial charge in [0.2, 0.25) is 0 Å². The van der Waals surface area contributed by atoms with Crippen molar-refractivity contribution in [3.05, 3.63) is 35.0 Å². The molecule has 5 nitrogen and oxygen atoms in total. The maximum absolute atomic E-state index is 9.48. The van der Waals surface area contributed by atoms with Crippen LogP contribution in [0, 0.1) is 0 Å². The Hall–Kier alpha value is -1.43. The Bertz CT molecular complexity index is 607. The molecule has 2 aromatic rings. The second kappa shape index (κ2) is 6.56. The second-order valence-corrected chi connectivity index (χ2v) is 5.76. The minimum absolute atomic E-state index is 0.119. The zero-order chi connectivity index (χ0) is 14.7. The topological polar surface area (TPSA) is 54.2 Å². The Morgan fingerprint density at radius 2 is 2.00 bits per heavy atom. The van der Waals surface area contributed by atoms with Crippen LogP contribution in [-0.4, -0.2) is 44.6 Å². The van der Waals surface area contributed by atoms with Crippen molar-refractivity contribution in [2.45, 2.75) is 26.0 Å². The third kappa shape index (κ3) is 3.26. The first-order valence-electron chi connectivity index (χ1n) is 7.29. The first kappa shape index (κ1) is 14.5. The molecule has 1 aliphatic rings. The lowest BCUT2D eigenvalue weighted by Crippen LogP contribution is -2.24. The van der Waals surface area contributed by atoms with E-state index in [0.717, 1.165) is 37.4 Å². The van der Waals surface area contributed by atoms with Gasteiger partial charge in [-0.25, -0.2) is 4.68 Å². The fourth-order valence-electron chi connectivity index (χ4n) is 2.81.